The van der Waals surface area contributed by atoms with E-state index >= 15 is 0 Å². The van der Waals surface area contributed by atoms with E-state index in [1.807, 2.05) is 45.0 Å². The highest BCUT2D eigenvalue weighted by molar-refractivity contribution is 6.17. The molecular weight excluding hydrogens is 408 g/mol. The van der Waals surface area contributed by atoms with E-state index in [0.29, 0.717) is 28.8 Å². The molecule has 1 aromatic heterocycles. The maximum atomic E-state index is 14.0. The summed E-state index contributed by atoms with van der Waals surface area (Å²) in [7, 11) is 1.53. The van der Waals surface area contributed by atoms with Crippen molar-refractivity contribution in [3.8, 4) is 0 Å². The van der Waals surface area contributed by atoms with Crippen LogP contribution in [-0.2, 0) is 15.1 Å². The van der Waals surface area contributed by atoms with Crippen molar-refractivity contribution in [3.05, 3.63) is 74.6 Å². The first-order valence-corrected chi connectivity index (χ1v) is 10.7. The molecule has 2 aliphatic rings. The molecule has 7 nitrogen and oxygen atoms in total. The molecule has 7 heteroatoms. The predicted octanol–water partition coefficient (Wildman–Crippen LogP) is 3.12. The summed E-state index contributed by atoms with van der Waals surface area (Å²) in [5.74, 6) is -0.863. The number of hydrogen-bond donors (Lipinski definition) is 0. The Labute approximate surface area is 185 Å². The van der Waals surface area contributed by atoms with E-state index in [-0.39, 0.29) is 35.8 Å². The third kappa shape index (κ3) is 2.37. The Bertz CT molecular complexity index is 1360. The summed E-state index contributed by atoms with van der Waals surface area (Å²) in [6.45, 7) is 6.49. The van der Waals surface area contributed by atoms with Crippen molar-refractivity contribution < 1.29 is 18.7 Å². The number of hydrogen-bond acceptors (Lipinski definition) is 5. The molecule has 1 atom stereocenters. The van der Waals surface area contributed by atoms with E-state index in [0.717, 1.165) is 11.1 Å². The Balaban J connectivity index is 1.92. The lowest BCUT2D eigenvalue weighted by atomic mass is 9.84. The second kappa shape index (κ2) is 7.03. The van der Waals surface area contributed by atoms with Crippen molar-refractivity contribution in [1.82, 2.24) is 4.90 Å². The van der Waals surface area contributed by atoms with Gasteiger partial charge in [-0.25, -0.2) is 0 Å². The Kier molecular flexibility index (Phi) is 4.49. The molecule has 0 aliphatic carbocycles. The molecule has 0 unspecified atom stereocenters. The number of benzene rings is 2. The van der Waals surface area contributed by atoms with Gasteiger partial charge in [0, 0.05) is 25.8 Å². The maximum absolute atomic E-state index is 14.0. The molecule has 0 radical (unpaired) electrons. The molecule has 2 amide bonds. The van der Waals surface area contributed by atoms with Gasteiger partial charge in [-0.1, -0.05) is 18.2 Å². The average Bonchev–Trinajstić information content (AvgIpc) is 3.18. The van der Waals surface area contributed by atoms with Gasteiger partial charge in [0.25, 0.3) is 11.8 Å². The second-order valence-electron chi connectivity index (χ2n) is 8.29. The van der Waals surface area contributed by atoms with Gasteiger partial charge < -0.3 is 19.0 Å². The molecule has 0 N–H and O–H groups in total. The Hall–Kier alpha value is -3.45. The molecular formula is C25H24N2O5. The zero-order chi connectivity index (χ0) is 22.8. The fraction of sp³-hybridized carbons (Fsp3) is 0.320. The van der Waals surface area contributed by atoms with Crippen LogP contribution in [0.1, 0.15) is 39.7 Å². The number of amides is 2. The maximum Gasteiger partial charge on any atom is 0.291 e. The average molecular weight is 432 g/mol. The van der Waals surface area contributed by atoms with Crippen LogP contribution in [0.4, 0.5) is 5.69 Å². The van der Waals surface area contributed by atoms with Crippen molar-refractivity contribution in [1.29, 1.82) is 0 Å². The number of fused-ring (bicyclic) bond motifs is 5. The van der Waals surface area contributed by atoms with Crippen molar-refractivity contribution in [3.63, 3.8) is 0 Å². The summed E-state index contributed by atoms with van der Waals surface area (Å²) in [5.41, 5.74) is 1.74. The van der Waals surface area contributed by atoms with Crippen LogP contribution in [0.3, 0.4) is 0 Å². The first kappa shape index (κ1) is 20.5. The number of methoxy groups -OCH3 is 1. The summed E-state index contributed by atoms with van der Waals surface area (Å²) < 4.78 is 11.3. The minimum Gasteiger partial charge on any atom is -0.450 e. The molecule has 0 saturated heterocycles. The van der Waals surface area contributed by atoms with Crippen LogP contribution < -0.4 is 10.3 Å². The monoisotopic (exact) mass is 432 g/mol. The van der Waals surface area contributed by atoms with Gasteiger partial charge >= 0.3 is 0 Å². The minimum atomic E-state index is -1.56. The van der Waals surface area contributed by atoms with Gasteiger partial charge in [-0.2, -0.15) is 0 Å². The highest BCUT2D eigenvalue weighted by Crippen LogP contribution is 2.52. The molecule has 5 rings (SSSR count). The van der Waals surface area contributed by atoms with Crippen LogP contribution in [-0.4, -0.2) is 43.5 Å². The summed E-state index contributed by atoms with van der Waals surface area (Å²) in [6, 6.07) is 10.9. The smallest absolute Gasteiger partial charge is 0.291 e. The zero-order valence-corrected chi connectivity index (χ0v) is 18.5. The molecule has 3 aromatic rings. The van der Waals surface area contributed by atoms with Gasteiger partial charge in [0.2, 0.25) is 5.76 Å². The topological polar surface area (TPSA) is 80.1 Å². The largest absolute Gasteiger partial charge is 0.450 e. The molecule has 1 spiro atoms. The Morgan fingerprint density at radius 1 is 1.06 bits per heavy atom. The number of carbonyl (C=O) groups is 2. The standard InChI is InChI=1S/C25H24N2O5/c1-5-26-18-9-7-6-8-17(18)25(24(26)30)20-21(28)16-12-14(2)15(3)13-19(16)32-22(20)23(29)27(25)10-11-31-4/h6-9,12-13H,5,10-11H2,1-4H3/t25-/m0/s1. The van der Waals surface area contributed by atoms with Gasteiger partial charge in [0.15, 0.2) is 11.0 Å². The highest BCUT2D eigenvalue weighted by Gasteiger charge is 2.64. The second-order valence-corrected chi connectivity index (χ2v) is 8.29. The van der Waals surface area contributed by atoms with E-state index < -0.39 is 11.4 Å². The molecule has 3 heterocycles. The number of nitrogens with zero attached hydrogens (tertiary/aromatic N) is 2. The molecule has 0 saturated carbocycles. The molecule has 2 aromatic carbocycles. The molecule has 2 aliphatic heterocycles. The van der Waals surface area contributed by atoms with E-state index in [2.05, 4.69) is 0 Å². The SMILES string of the molecule is CCN1C(=O)[C@]2(c3ccccc31)c1c(oc3cc(C)c(C)cc3c1=O)C(=O)N2CCOC. The number of likely N-dealkylation sites (N-methyl/N-ethyl adjacent to an activating group) is 1. The molecule has 32 heavy (non-hydrogen) atoms. The minimum absolute atomic E-state index is 0.0667. The first-order valence-electron chi connectivity index (χ1n) is 10.7. The number of anilines is 1. The highest BCUT2D eigenvalue weighted by atomic mass is 16.5. The molecule has 0 bridgehead atoms. The van der Waals surface area contributed by atoms with Gasteiger partial charge in [-0.3, -0.25) is 14.4 Å². The van der Waals surface area contributed by atoms with Crippen LogP contribution >= 0.6 is 0 Å². The van der Waals surface area contributed by atoms with E-state index in [9.17, 15) is 14.4 Å². The Morgan fingerprint density at radius 2 is 1.78 bits per heavy atom. The summed E-state index contributed by atoms with van der Waals surface area (Å²) in [6.07, 6.45) is 0. The Morgan fingerprint density at radius 3 is 2.50 bits per heavy atom. The van der Waals surface area contributed by atoms with Crippen LogP contribution in [0.5, 0.6) is 0 Å². The number of ether oxygens (including phenoxy) is 1. The van der Waals surface area contributed by atoms with E-state index in [4.69, 9.17) is 9.15 Å². The van der Waals surface area contributed by atoms with Crippen LogP contribution in [0.15, 0.2) is 45.6 Å². The summed E-state index contributed by atoms with van der Waals surface area (Å²) in [4.78, 5) is 44.6. The fourth-order valence-corrected chi connectivity index (χ4v) is 5.04. The fourth-order valence-electron chi connectivity index (χ4n) is 5.04. The number of carbonyl (C=O) groups excluding carboxylic acids is 2. The predicted molar refractivity (Wildman–Crippen MR) is 120 cm³/mol. The van der Waals surface area contributed by atoms with Crippen LogP contribution in [0, 0.1) is 13.8 Å². The van der Waals surface area contributed by atoms with E-state index in [1.54, 1.807) is 17.0 Å². The summed E-state index contributed by atoms with van der Waals surface area (Å²) in [5, 5.41) is 0.368. The quantitative estimate of drug-likeness (QED) is 0.633. The number of rotatable bonds is 4. The van der Waals surface area contributed by atoms with Crippen molar-refractivity contribution in [2.24, 2.45) is 0 Å². The lowest BCUT2D eigenvalue weighted by Gasteiger charge is -2.34. The lowest BCUT2D eigenvalue weighted by molar-refractivity contribution is -0.126. The van der Waals surface area contributed by atoms with Crippen molar-refractivity contribution in [2.45, 2.75) is 26.3 Å². The van der Waals surface area contributed by atoms with Gasteiger partial charge in [-0.05, 0) is 50.1 Å². The molecule has 164 valence electrons. The summed E-state index contributed by atoms with van der Waals surface area (Å²) >= 11 is 0. The van der Waals surface area contributed by atoms with Gasteiger partial charge in [0.1, 0.15) is 5.58 Å². The zero-order valence-electron chi connectivity index (χ0n) is 18.5. The van der Waals surface area contributed by atoms with Crippen LogP contribution in [0.25, 0.3) is 11.0 Å². The van der Waals surface area contributed by atoms with Gasteiger partial charge in [0.05, 0.1) is 23.2 Å². The third-order valence-corrected chi connectivity index (χ3v) is 6.69. The first-order chi connectivity index (χ1) is 15.4. The van der Waals surface area contributed by atoms with Crippen molar-refractivity contribution in [2.75, 3.05) is 31.7 Å². The normalized spacial score (nSPS) is 19.4. The molecule has 0 fully saturated rings. The lowest BCUT2D eigenvalue weighted by Crippen LogP contribution is -2.54. The third-order valence-electron chi connectivity index (χ3n) is 6.69. The van der Waals surface area contributed by atoms with Crippen LogP contribution in [0.2, 0.25) is 0 Å². The number of aryl methyl sites for hydroxylation is 2. The van der Waals surface area contributed by atoms with Crippen molar-refractivity contribution >= 4 is 28.5 Å². The van der Waals surface area contributed by atoms with Gasteiger partial charge in [-0.15, -0.1) is 0 Å². The van der Waals surface area contributed by atoms with E-state index in [1.165, 1.54) is 12.0 Å². The number of para-hydroxylation sites is 1.